The third-order valence-electron chi connectivity index (χ3n) is 1.52. The molecule has 56 valence electrons. The number of hydrogen-bond acceptors (Lipinski definition) is 2. The van der Waals surface area contributed by atoms with E-state index in [1.807, 2.05) is 6.08 Å². The Hall–Kier alpha value is -0.310. The molecular formula is C7H9BrO2. The zero-order chi connectivity index (χ0) is 7.56. The van der Waals surface area contributed by atoms with Crippen LogP contribution in [0.4, 0.5) is 0 Å². The first-order valence-corrected chi connectivity index (χ1v) is 4.08. The van der Waals surface area contributed by atoms with Gasteiger partial charge in [0.15, 0.2) is 0 Å². The van der Waals surface area contributed by atoms with Crippen molar-refractivity contribution in [3.05, 3.63) is 11.6 Å². The Labute approximate surface area is 68.4 Å². The highest BCUT2D eigenvalue weighted by atomic mass is 79.9. The van der Waals surface area contributed by atoms with E-state index in [1.165, 1.54) is 7.11 Å². The van der Waals surface area contributed by atoms with Crippen LogP contribution in [0.15, 0.2) is 11.6 Å². The molecule has 2 nitrogen and oxygen atoms in total. The van der Waals surface area contributed by atoms with Gasteiger partial charge in [0.25, 0.3) is 0 Å². The number of rotatable bonds is 1. The van der Waals surface area contributed by atoms with Gasteiger partial charge in [-0.05, 0) is 12.8 Å². The number of allylic oxidation sites excluding steroid dienone is 1. The molecule has 0 aromatic rings. The van der Waals surface area contributed by atoms with Gasteiger partial charge in [0, 0.05) is 10.4 Å². The summed E-state index contributed by atoms with van der Waals surface area (Å²) < 4.78 is 4.55. The van der Waals surface area contributed by atoms with Crippen molar-refractivity contribution >= 4 is 21.9 Å². The molecule has 0 aliphatic heterocycles. The largest absolute Gasteiger partial charge is 0.466 e. The van der Waals surface area contributed by atoms with E-state index in [1.54, 1.807) is 0 Å². The number of halogens is 1. The fraction of sp³-hybridized carbons (Fsp3) is 0.571. The van der Waals surface area contributed by atoms with Gasteiger partial charge in [-0.15, -0.1) is 0 Å². The van der Waals surface area contributed by atoms with Gasteiger partial charge in [-0.25, -0.2) is 4.79 Å². The van der Waals surface area contributed by atoms with Crippen LogP contribution in [0.25, 0.3) is 0 Å². The van der Waals surface area contributed by atoms with E-state index < -0.39 is 0 Å². The lowest BCUT2D eigenvalue weighted by Gasteiger charge is -1.95. The molecule has 1 atom stereocenters. The molecule has 0 amide bonds. The van der Waals surface area contributed by atoms with E-state index in [-0.39, 0.29) is 5.97 Å². The van der Waals surface area contributed by atoms with Gasteiger partial charge in [0.1, 0.15) is 0 Å². The minimum absolute atomic E-state index is 0.193. The van der Waals surface area contributed by atoms with Crippen LogP contribution in [0.2, 0.25) is 0 Å². The predicted molar refractivity (Wildman–Crippen MR) is 42.0 cm³/mol. The Morgan fingerprint density at radius 3 is 3.00 bits per heavy atom. The van der Waals surface area contributed by atoms with Crippen molar-refractivity contribution in [2.45, 2.75) is 17.7 Å². The van der Waals surface area contributed by atoms with Crippen molar-refractivity contribution in [3.8, 4) is 0 Å². The Kier molecular flexibility index (Phi) is 2.49. The second kappa shape index (κ2) is 3.19. The number of esters is 1. The summed E-state index contributed by atoms with van der Waals surface area (Å²) in [6, 6.07) is 0. The van der Waals surface area contributed by atoms with Crippen molar-refractivity contribution < 1.29 is 9.53 Å². The summed E-state index contributed by atoms with van der Waals surface area (Å²) in [7, 11) is 1.41. The van der Waals surface area contributed by atoms with Gasteiger partial charge >= 0.3 is 5.97 Å². The molecule has 0 saturated carbocycles. The fourth-order valence-corrected chi connectivity index (χ4v) is 1.53. The molecule has 0 heterocycles. The Morgan fingerprint density at radius 1 is 1.90 bits per heavy atom. The lowest BCUT2D eigenvalue weighted by Crippen LogP contribution is -2.01. The molecule has 1 aliphatic carbocycles. The van der Waals surface area contributed by atoms with Crippen LogP contribution in [-0.2, 0) is 9.53 Å². The van der Waals surface area contributed by atoms with Crippen molar-refractivity contribution in [2.75, 3.05) is 7.11 Å². The van der Waals surface area contributed by atoms with Crippen LogP contribution in [0.5, 0.6) is 0 Å². The molecule has 0 radical (unpaired) electrons. The summed E-state index contributed by atoms with van der Waals surface area (Å²) in [5.74, 6) is -0.193. The molecular weight excluding hydrogens is 196 g/mol. The molecule has 0 saturated heterocycles. The minimum Gasteiger partial charge on any atom is -0.466 e. The Balaban J connectivity index is 2.57. The van der Waals surface area contributed by atoms with E-state index in [0.717, 1.165) is 18.4 Å². The van der Waals surface area contributed by atoms with Gasteiger partial charge in [-0.3, -0.25) is 0 Å². The summed E-state index contributed by atoms with van der Waals surface area (Å²) in [5.41, 5.74) is 0.796. The SMILES string of the molecule is COC(=O)C1=C[C@H](Br)CC1. The predicted octanol–water partition coefficient (Wildman–Crippen LogP) is 1.64. The third-order valence-corrected chi connectivity index (χ3v) is 2.24. The second-order valence-corrected chi connectivity index (χ2v) is 3.41. The molecule has 1 rings (SSSR count). The Bertz CT molecular complexity index is 174. The molecule has 3 heteroatoms. The zero-order valence-electron chi connectivity index (χ0n) is 5.76. The zero-order valence-corrected chi connectivity index (χ0v) is 7.35. The van der Waals surface area contributed by atoms with E-state index in [4.69, 9.17) is 0 Å². The molecule has 0 aromatic heterocycles. The van der Waals surface area contributed by atoms with Crippen LogP contribution >= 0.6 is 15.9 Å². The van der Waals surface area contributed by atoms with Crippen LogP contribution < -0.4 is 0 Å². The van der Waals surface area contributed by atoms with Crippen LogP contribution in [-0.4, -0.2) is 17.9 Å². The van der Waals surface area contributed by atoms with Crippen molar-refractivity contribution in [2.24, 2.45) is 0 Å². The number of carbonyl (C=O) groups is 1. The molecule has 10 heavy (non-hydrogen) atoms. The monoisotopic (exact) mass is 204 g/mol. The maximum atomic E-state index is 10.8. The highest BCUT2D eigenvalue weighted by Gasteiger charge is 2.18. The van der Waals surface area contributed by atoms with Crippen molar-refractivity contribution in [3.63, 3.8) is 0 Å². The maximum Gasteiger partial charge on any atom is 0.333 e. The summed E-state index contributed by atoms with van der Waals surface area (Å²) in [4.78, 5) is 11.2. The fourth-order valence-electron chi connectivity index (χ4n) is 0.980. The van der Waals surface area contributed by atoms with Crippen molar-refractivity contribution in [1.82, 2.24) is 0 Å². The molecule has 0 fully saturated rings. The summed E-state index contributed by atoms with van der Waals surface area (Å²) >= 11 is 3.39. The average molecular weight is 205 g/mol. The smallest absolute Gasteiger partial charge is 0.333 e. The van der Waals surface area contributed by atoms with Gasteiger partial charge in [0.2, 0.25) is 0 Å². The first-order chi connectivity index (χ1) is 4.74. The minimum atomic E-state index is -0.193. The van der Waals surface area contributed by atoms with Crippen LogP contribution in [0, 0.1) is 0 Å². The van der Waals surface area contributed by atoms with E-state index in [9.17, 15) is 4.79 Å². The number of methoxy groups -OCH3 is 1. The molecule has 1 aliphatic rings. The summed E-state index contributed by atoms with van der Waals surface area (Å²) in [6.07, 6.45) is 3.75. The first kappa shape index (κ1) is 7.79. The van der Waals surface area contributed by atoms with Gasteiger partial charge in [-0.2, -0.15) is 0 Å². The normalized spacial score (nSPS) is 24.2. The average Bonchev–Trinajstić information content (AvgIpc) is 2.34. The van der Waals surface area contributed by atoms with Crippen LogP contribution in [0.1, 0.15) is 12.8 Å². The Morgan fingerprint density at radius 2 is 2.60 bits per heavy atom. The number of ether oxygens (including phenoxy) is 1. The molecule has 0 bridgehead atoms. The van der Waals surface area contributed by atoms with Gasteiger partial charge in [0.05, 0.1) is 7.11 Å². The lowest BCUT2D eigenvalue weighted by molar-refractivity contribution is -0.136. The third kappa shape index (κ3) is 1.59. The maximum absolute atomic E-state index is 10.8. The topological polar surface area (TPSA) is 26.3 Å². The summed E-state index contributed by atoms with van der Waals surface area (Å²) in [5, 5.41) is 0. The number of hydrogen-bond donors (Lipinski definition) is 0. The first-order valence-electron chi connectivity index (χ1n) is 3.17. The van der Waals surface area contributed by atoms with Crippen molar-refractivity contribution in [1.29, 1.82) is 0 Å². The summed E-state index contributed by atoms with van der Waals surface area (Å²) in [6.45, 7) is 0. The molecule has 0 aromatic carbocycles. The quantitative estimate of drug-likeness (QED) is 0.480. The van der Waals surface area contributed by atoms with E-state index in [2.05, 4.69) is 20.7 Å². The number of alkyl halides is 1. The van der Waals surface area contributed by atoms with E-state index in [0.29, 0.717) is 4.83 Å². The van der Waals surface area contributed by atoms with Crippen LogP contribution in [0.3, 0.4) is 0 Å². The van der Waals surface area contributed by atoms with Gasteiger partial charge in [-0.1, -0.05) is 22.0 Å². The molecule has 0 unspecified atom stereocenters. The highest BCUT2D eigenvalue weighted by molar-refractivity contribution is 9.09. The standard InChI is InChI=1S/C7H9BrO2/c1-10-7(9)5-2-3-6(8)4-5/h4,6H,2-3H2,1H3/t6-/m1/s1. The number of carbonyl (C=O) groups excluding carboxylic acids is 1. The van der Waals surface area contributed by atoms with Gasteiger partial charge < -0.3 is 4.74 Å². The molecule has 0 spiro atoms. The molecule has 0 N–H and O–H groups in total. The lowest BCUT2D eigenvalue weighted by atomic mass is 10.2. The second-order valence-electron chi connectivity index (χ2n) is 2.24. The highest BCUT2D eigenvalue weighted by Crippen LogP contribution is 2.24. The van der Waals surface area contributed by atoms with E-state index >= 15 is 0 Å².